The van der Waals surface area contributed by atoms with Crippen molar-refractivity contribution in [1.29, 1.82) is 0 Å². The summed E-state index contributed by atoms with van der Waals surface area (Å²) in [6, 6.07) is 6.90. The maximum atomic E-state index is 11.6. The van der Waals surface area contributed by atoms with Crippen LogP contribution in [0.3, 0.4) is 0 Å². The summed E-state index contributed by atoms with van der Waals surface area (Å²) in [6.45, 7) is 0. The number of nitro groups is 1. The van der Waals surface area contributed by atoms with E-state index in [9.17, 15) is 10.1 Å². The fourth-order valence-electron chi connectivity index (χ4n) is 2.36. The third kappa shape index (κ3) is 3.38. The number of fused-ring (bicyclic) bond motifs is 1. The van der Waals surface area contributed by atoms with E-state index in [4.69, 9.17) is 27.9 Å². The quantitative estimate of drug-likeness (QED) is 0.632. The first-order valence-electron chi connectivity index (χ1n) is 7.09. The van der Waals surface area contributed by atoms with Crippen molar-refractivity contribution in [3.63, 3.8) is 0 Å². The molecule has 25 heavy (non-hydrogen) atoms. The lowest BCUT2D eigenvalue weighted by Gasteiger charge is -2.28. The average molecular weight is 379 g/mol. The molecule has 128 valence electrons. The third-order valence-corrected chi connectivity index (χ3v) is 3.83. The Kier molecular flexibility index (Phi) is 4.78. The number of hydrogen-bond donors (Lipinski definition) is 1. The molecule has 0 unspecified atom stereocenters. The Hall–Kier alpha value is -2.77. The van der Waals surface area contributed by atoms with Crippen molar-refractivity contribution in [2.75, 3.05) is 12.4 Å². The summed E-state index contributed by atoms with van der Waals surface area (Å²) >= 11 is 11.9. The number of rotatable bonds is 4. The van der Waals surface area contributed by atoms with Crippen molar-refractivity contribution in [3.8, 4) is 5.75 Å². The second-order valence-corrected chi connectivity index (χ2v) is 5.91. The fraction of sp³-hybridized carbons (Fsp3) is 0.0625. The minimum absolute atomic E-state index is 0.0372. The Balaban J connectivity index is 2.09. The van der Waals surface area contributed by atoms with Gasteiger partial charge in [0.05, 0.1) is 12.0 Å². The highest BCUT2D eigenvalue weighted by molar-refractivity contribution is 6.56. The van der Waals surface area contributed by atoms with E-state index >= 15 is 0 Å². The molecule has 0 bridgehead atoms. The van der Waals surface area contributed by atoms with Crippen molar-refractivity contribution in [2.45, 2.75) is 0 Å². The van der Waals surface area contributed by atoms with E-state index in [1.54, 1.807) is 55.8 Å². The lowest BCUT2D eigenvalue weighted by molar-refractivity contribution is -0.423. The Morgan fingerprint density at radius 1 is 1.28 bits per heavy atom. The second-order valence-electron chi connectivity index (χ2n) is 4.96. The average Bonchev–Trinajstić information content (AvgIpc) is 2.60. The highest BCUT2D eigenvalue weighted by Gasteiger charge is 2.36. The number of anilines is 1. The molecule has 1 N–H and O–H groups in total. The fourth-order valence-corrected chi connectivity index (χ4v) is 2.72. The first kappa shape index (κ1) is 17.1. The Bertz CT molecular complexity index is 866. The van der Waals surface area contributed by atoms with Crippen LogP contribution < -0.4 is 10.1 Å². The van der Waals surface area contributed by atoms with Crippen molar-refractivity contribution < 1.29 is 9.66 Å². The van der Waals surface area contributed by atoms with Crippen LogP contribution in [0.5, 0.6) is 5.75 Å². The molecule has 0 aromatic heterocycles. The van der Waals surface area contributed by atoms with E-state index in [0.29, 0.717) is 17.3 Å². The molecule has 3 rings (SSSR count). The van der Waals surface area contributed by atoms with Crippen molar-refractivity contribution in [1.82, 2.24) is 4.90 Å². The number of halogens is 2. The van der Waals surface area contributed by atoms with Gasteiger partial charge in [0.15, 0.2) is 5.70 Å². The van der Waals surface area contributed by atoms with E-state index in [0.717, 1.165) is 0 Å². The van der Waals surface area contributed by atoms with E-state index in [1.165, 1.54) is 4.90 Å². The number of nitrogens with zero attached hydrogens (tertiary/aromatic N) is 3. The summed E-state index contributed by atoms with van der Waals surface area (Å²) in [4.78, 5) is 16.9. The smallest absolute Gasteiger partial charge is 0.338 e. The largest absolute Gasteiger partial charge is 0.497 e. The molecule has 2 aliphatic heterocycles. The monoisotopic (exact) mass is 378 g/mol. The number of benzene rings is 1. The Labute approximate surface area is 153 Å². The van der Waals surface area contributed by atoms with E-state index in [-0.39, 0.29) is 21.7 Å². The van der Waals surface area contributed by atoms with Gasteiger partial charge in [0.2, 0.25) is 5.82 Å². The zero-order chi connectivity index (χ0) is 18.0. The first-order chi connectivity index (χ1) is 12.0. The van der Waals surface area contributed by atoms with Gasteiger partial charge in [-0.2, -0.15) is 0 Å². The van der Waals surface area contributed by atoms with Gasteiger partial charge in [-0.05, 0) is 36.4 Å². The molecule has 0 saturated heterocycles. The minimum Gasteiger partial charge on any atom is -0.497 e. The molecule has 0 spiro atoms. The molecule has 0 aliphatic carbocycles. The van der Waals surface area contributed by atoms with Gasteiger partial charge in [-0.1, -0.05) is 29.3 Å². The van der Waals surface area contributed by atoms with Crippen LogP contribution in [0, 0.1) is 10.1 Å². The number of amidine groups is 1. The maximum absolute atomic E-state index is 11.6. The van der Waals surface area contributed by atoms with Gasteiger partial charge in [0, 0.05) is 11.9 Å². The maximum Gasteiger partial charge on any atom is 0.338 e. The molecule has 0 fully saturated rings. The van der Waals surface area contributed by atoms with Crippen LogP contribution in [0.15, 0.2) is 75.4 Å². The van der Waals surface area contributed by atoms with Crippen molar-refractivity contribution >= 4 is 34.7 Å². The molecule has 0 amide bonds. The Morgan fingerprint density at radius 2 is 2.00 bits per heavy atom. The summed E-state index contributed by atoms with van der Waals surface area (Å²) < 4.78 is 4.87. The molecular formula is C16H12Cl2N4O3. The molecular weight excluding hydrogens is 367 g/mol. The topological polar surface area (TPSA) is 80.0 Å². The van der Waals surface area contributed by atoms with Crippen LogP contribution in [0.2, 0.25) is 0 Å². The zero-order valence-corrected chi connectivity index (χ0v) is 14.5. The molecule has 0 radical (unpaired) electrons. The summed E-state index contributed by atoms with van der Waals surface area (Å²) in [5, 5.41) is 14.6. The van der Waals surface area contributed by atoms with Crippen LogP contribution in [0.25, 0.3) is 0 Å². The van der Waals surface area contributed by atoms with Gasteiger partial charge in [0.1, 0.15) is 16.1 Å². The third-order valence-electron chi connectivity index (χ3n) is 3.47. The van der Waals surface area contributed by atoms with Gasteiger partial charge < -0.3 is 10.1 Å². The molecule has 7 nitrogen and oxygen atoms in total. The van der Waals surface area contributed by atoms with Gasteiger partial charge >= 0.3 is 5.70 Å². The summed E-state index contributed by atoms with van der Waals surface area (Å²) in [5.41, 5.74) is 0.336. The van der Waals surface area contributed by atoms with Crippen LogP contribution in [0.4, 0.5) is 5.69 Å². The molecule has 0 saturated carbocycles. The van der Waals surface area contributed by atoms with Gasteiger partial charge in [0.25, 0.3) is 0 Å². The number of ether oxygens (including phenoxy) is 1. The number of hydrogen-bond acceptors (Lipinski definition) is 6. The predicted molar refractivity (Wildman–Crippen MR) is 96.9 cm³/mol. The lowest BCUT2D eigenvalue weighted by Crippen LogP contribution is -2.33. The molecule has 2 aliphatic rings. The number of methoxy groups -OCH3 is 1. The zero-order valence-electron chi connectivity index (χ0n) is 12.9. The van der Waals surface area contributed by atoms with Crippen LogP contribution >= 0.6 is 23.2 Å². The lowest BCUT2D eigenvalue weighted by atomic mass is 10.2. The highest BCUT2D eigenvalue weighted by Crippen LogP contribution is 2.34. The molecule has 0 atom stereocenters. The molecule has 9 heteroatoms. The van der Waals surface area contributed by atoms with Gasteiger partial charge in [-0.15, -0.1) is 0 Å². The van der Waals surface area contributed by atoms with Crippen LogP contribution in [-0.4, -0.2) is 22.8 Å². The number of aliphatic imine (C=N–C) groups is 1. The second kappa shape index (κ2) is 7.00. The van der Waals surface area contributed by atoms with Crippen molar-refractivity contribution in [3.05, 3.63) is 80.5 Å². The highest BCUT2D eigenvalue weighted by atomic mass is 35.5. The molecule has 1 aromatic rings. The predicted octanol–water partition coefficient (Wildman–Crippen LogP) is 4.00. The van der Waals surface area contributed by atoms with Gasteiger partial charge in [-0.25, -0.2) is 4.99 Å². The summed E-state index contributed by atoms with van der Waals surface area (Å²) in [7, 11) is 1.56. The Morgan fingerprint density at radius 3 is 2.60 bits per heavy atom. The molecule has 1 aromatic carbocycles. The molecule has 2 heterocycles. The minimum atomic E-state index is -0.571. The number of nitrogens with one attached hydrogen (secondary N) is 1. The van der Waals surface area contributed by atoms with Crippen LogP contribution in [0.1, 0.15) is 0 Å². The van der Waals surface area contributed by atoms with Crippen molar-refractivity contribution in [2.24, 2.45) is 4.99 Å². The van der Waals surface area contributed by atoms with E-state index in [2.05, 4.69) is 10.3 Å². The first-order valence-corrected chi connectivity index (χ1v) is 7.85. The normalized spacial score (nSPS) is 15.7. The summed E-state index contributed by atoms with van der Waals surface area (Å²) in [6.07, 6.45) is 6.77. The number of allylic oxidation sites excluding steroid dienone is 2. The van der Waals surface area contributed by atoms with Crippen LogP contribution in [-0.2, 0) is 0 Å². The van der Waals surface area contributed by atoms with Gasteiger partial charge in [-0.3, -0.25) is 15.0 Å². The SMILES string of the molecule is COc1ccc(NC2=C([N+](=O)[O-])C(=C(Cl)Cl)N3C=CC=CC3=N2)cc1. The standard InChI is InChI=1S/C16H12Cl2N4O3/c1-25-11-7-5-10(6-8-11)19-16-14(22(23)24)13(15(17)18)21-9-3-2-4-12(21)20-16/h2-9,19H,1H3. The summed E-state index contributed by atoms with van der Waals surface area (Å²) in [5.74, 6) is 1.16. The van der Waals surface area contributed by atoms with E-state index in [1.807, 2.05) is 0 Å². The van der Waals surface area contributed by atoms with E-state index < -0.39 is 4.92 Å².